The van der Waals surface area contributed by atoms with Crippen molar-refractivity contribution in [2.24, 2.45) is 0 Å². The van der Waals surface area contributed by atoms with E-state index in [0.29, 0.717) is 16.2 Å². The van der Waals surface area contributed by atoms with E-state index in [9.17, 15) is 14.9 Å². The van der Waals surface area contributed by atoms with Gasteiger partial charge in [0.2, 0.25) is 0 Å². The van der Waals surface area contributed by atoms with Crippen LogP contribution >= 0.6 is 11.3 Å². The Morgan fingerprint density at radius 1 is 1.59 bits per heavy atom. The standard InChI is InChI=1S/C15H18N2O4S/c1-4-5-6-14-13(17(19)20)8-12(22-14)7-11(9-16)15(18)21-10(2)3/h7-8,10H,4-6H2,1-3H3. The number of hydrogen-bond acceptors (Lipinski definition) is 6. The van der Waals surface area contributed by atoms with Crippen LogP contribution in [0.3, 0.4) is 0 Å². The smallest absolute Gasteiger partial charge is 0.349 e. The maximum atomic E-state index is 11.7. The number of carbonyl (C=O) groups excluding carboxylic acids is 1. The van der Waals surface area contributed by atoms with Gasteiger partial charge in [0.1, 0.15) is 11.6 Å². The van der Waals surface area contributed by atoms with Gasteiger partial charge in [-0.15, -0.1) is 11.3 Å². The number of nitriles is 1. The first-order chi connectivity index (χ1) is 10.4. The van der Waals surface area contributed by atoms with Crippen molar-refractivity contribution in [3.63, 3.8) is 0 Å². The minimum Gasteiger partial charge on any atom is -0.459 e. The van der Waals surface area contributed by atoms with Crippen LogP contribution < -0.4 is 0 Å². The van der Waals surface area contributed by atoms with Crippen molar-refractivity contribution in [3.05, 3.63) is 31.5 Å². The van der Waals surface area contributed by atoms with Crippen LogP contribution in [-0.2, 0) is 16.0 Å². The van der Waals surface area contributed by atoms with E-state index in [-0.39, 0.29) is 17.4 Å². The predicted molar refractivity (Wildman–Crippen MR) is 84.4 cm³/mol. The number of esters is 1. The van der Waals surface area contributed by atoms with Crippen molar-refractivity contribution >= 4 is 29.1 Å². The molecule has 1 aromatic rings. The third kappa shape index (κ3) is 4.97. The molecule has 1 rings (SSSR count). The van der Waals surface area contributed by atoms with Crippen LogP contribution in [0.25, 0.3) is 6.08 Å². The highest BCUT2D eigenvalue weighted by atomic mass is 32.1. The fraction of sp³-hybridized carbons (Fsp3) is 0.467. The Bertz CT molecular complexity index is 626. The SMILES string of the molecule is CCCCc1sc(C=C(C#N)C(=O)OC(C)C)cc1[N+](=O)[O-]. The number of rotatable bonds is 7. The maximum Gasteiger partial charge on any atom is 0.349 e. The fourth-order valence-corrected chi connectivity index (χ4v) is 2.85. The average molecular weight is 322 g/mol. The summed E-state index contributed by atoms with van der Waals surface area (Å²) in [5.74, 6) is -0.719. The van der Waals surface area contributed by atoms with E-state index in [4.69, 9.17) is 10.00 Å². The quantitative estimate of drug-likeness (QED) is 0.250. The van der Waals surface area contributed by atoms with Crippen molar-refractivity contribution in [2.75, 3.05) is 0 Å². The second-order valence-electron chi connectivity index (χ2n) is 4.94. The van der Waals surface area contributed by atoms with Crippen LogP contribution in [-0.4, -0.2) is 17.0 Å². The molecule has 22 heavy (non-hydrogen) atoms. The fourth-order valence-electron chi connectivity index (χ4n) is 1.74. The number of hydrogen-bond donors (Lipinski definition) is 0. The summed E-state index contributed by atoms with van der Waals surface area (Å²) >= 11 is 1.23. The Labute approximate surface area is 133 Å². The summed E-state index contributed by atoms with van der Waals surface area (Å²) in [5.41, 5.74) is -0.119. The molecule has 0 radical (unpaired) electrons. The van der Waals surface area contributed by atoms with Gasteiger partial charge >= 0.3 is 5.97 Å². The minimum absolute atomic E-state index is 0.0409. The molecule has 0 spiro atoms. The molecule has 1 heterocycles. The van der Waals surface area contributed by atoms with Gasteiger partial charge in [0.25, 0.3) is 5.69 Å². The molecule has 6 nitrogen and oxygen atoms in total. The number of ether oxygens (including phenoxy) is 1. The molecule has 0 saturated carbocycles. The normalized spacial score (nSPS) is 11.3. The van der Waals surface area contributed by atoms with E-state index in [1.807, 2.05) is 6.92 Å². The first kappa shape index (κ1) is 17.9. The molecule has 0 fully saturated rings. The zero-order valence-corrected chi connectivity index (χ0v) is 13.6. The summed E-state index contributed by atoms with van der Waals surface area (Å²) in [6, 6.07) is 3.18. The van der Waals surface area contributed by atoms with Gasteiger partial charge < -0.3 is 4.74 Å². The van der Waals surface area contributed by atoms with E-state index in [1.54, 1.807) is 19.9 Å². The minimum atomic E-state index is -0.719. The highest BCUT2D eigenvalue weighted by Crippen LogP contribution is 2.32. The average Bonchev–Trinajstić information content (AvgIpc) is 2.84. The summed E-state index contributed by atoms with van der Waals surface area (Å²) in [6.07, 6.45) is 3.42. The molecule has 7 heteroatoms. The molecule has 0 aliphatic carbocycles. The summed E-state index contributed by atoms with van der Waals surface area (Å²) in [6.45, 7) is 5.38. The number of unbranched alkanes of at least 4 members (excludes halogenated alkanes) is 1. The number of aryl methyl sites for hydroxylation is 1. The summed E-state index contributed by atoms with van der Waals surface area (Å²) in [5, 5.41) is 20.1. The lowest BCUT2D eigenvalue weighted by Crippen LogP contribution is -2.12. The van der Waals surface area contributed by atoms with Crippen LogP contribution in [0.4, 0.5) is 5.69 Å². The van der Waals surface area contributed by atoms with Gasteiger partial charge in [-0.1, -0.05) is 13.3 Å². The molecule has 0 unspecified atom stereocenters. The van der Waals surface area contributed by atoms with Crippen LogP contribution in [0.15, 0.2) is 11.6 Å². The van der Waals surface area contributed by atoms with Gasteiger partial charge in [-0.05, 0) is 32.8 Å². The first-order valence-electron chi connectivity index (χ1n) is 6.98. The predicted octanol–water partition coefficient (Wildman–Crippen LogP) is 3.86. The second kappa shape index (κ2) is 8.29. The molecule has 0 aliphatic heterocycles. The second-order valence-corrected chi connectivity index (χ2v) is 6.11. The third-order valence-electron chi connectivity index (χ3n) is 2.73. The van der Waals surface area contributed by atoms with Crippen LogP contribution in [0.5, 0.6) is 0 Å². The molecule has 0 amide bonds. The highest BCUT2D eigenvalue weighted by molar-refractivity contribution is 7.13. The van der Waals surface area contributed by atoms with Crippen LogP contribution in [0.1, 0.15) is 43.4 Å². The van der Waals surface area contributed by atoms with Gasteiger partial charge in [-0.3, -0.25) is 10.1 Å². The lowest BCUT2D eigenvalue weighted by Gasteiger charge is -2.05. The molecule has 0 saturated heterocycles. The Hall–Kier alpha value is -2.20. The van der Waals surface area contributed by atoms with Gasteiger partial charge in [0.05, 0.1) is 15.9 Å². The lowest BCUT2D eigenvalue weighted by molar-refractivity contribution is -0.385. The Morgan fingerprint density at radius 2 is 2.27 bits per heavy atom. The molecule has 118 valence electrons. The summed E-state index contributed by atoms with van der Waals surface area (Å²) in [7, 11) is 0. The summed E-state index contributed by atoms with van der Waals surface area (Å²) < 4.78 is 4.97. The van der Waals surface area contributed by atoms with E-state index >= 15 is 0 Å². The van der Waals surface area contributed by atoms with Crippen molar-refractivity contribution in [2.45, 2.75) is 46.1 Å². The Kier molecular flexibility index (Phi) is 6.73. The monoisotopic (exact) mass is 322 g/mol. The zero-order chi connectivity index (χ0) is 16.7. The first-order valence-corrected chi connectivity index (χ1v) is 7.80. The van der Waals surface area contributed by atoms with E-state index < -0.39 is 10.9 Å². The molecule has 0 bridgehead atoms. The van der Waals surface area contributed by atoms with Crippen molar-refractivity contribution in [1.82, 2.24) is 0 Å². The number of thiophene rings is 1. The number of carbonyl (C=O) groups is 1. The molecule has 0 aromatic carbocycles. The van der Waals surface area contributed by atoms with E-state index in [2.05, 4.69) is 0 Å². The van der Waals surface area contributed by atoms with E-state index in [0.717, 1.165) is 12.8 Å². The van der Waals surface area contributed by atoms with Crippen molar-refractivity contribution in [1.29, 1.82) is 5.26 Å². The molecule has 1 aromatic heterocycles. The molecule has 0 aliphatic rings. The Balaban J connectivity index is 3.09. The molecule has 0 atom stereocenters. The zero-order valence-electron chi connectivity index (χ0n) is 12.8. The molecular weight excluding hydrogens is 304 g/mol. The molecular formula is C15H18N2O4S. The van der Waals surface area contributed by atoms with Gasteiger partial charge in [-0.2, -0.15) is 5.26 Å². The van der Waals surface area contributed by atoms with Crippen molar-refractivity contribution in [3.8, 4) is 6.07 Å². The highest BCUT2D eigenvalue weighted by Gasteiger charge is 2.19. The lowest BCUT2D eigenvalue weighted by atomic mass is 10.2. The van der Waals surface area contributed by atoms with Crippen LogP contribution in [0.2, 0.25) is 0 Å². The van der Waals surface area contributed by atoms with Gasteiger partial charge in [0.15, 0.2) is 0 Å². The van der Waals surface area contributed by atoms with Gasteiger partial charge in [0, 0.05) is 10.9 Å². The van der Waals surface area contributed by atoms with Gasteiger partial charge in [-0.25, -0.2) is 4.79 Å². The summed E-state index contributed by atoms with van der Waals surface area (Å²) in [4.78, 5) is 23.5. The van der Waals surface area contributed by atoms with Crippen molar-refractivity contribution < 1.29 is 14.5 Å². The van der Waals surface area contributed by atoms with E-state index in [1.165, 1.54) is 23.5 Å². The topological polar surface area (TPSA) is 93.2 Å². The maximum absolute atomic E-state index is 11.7. The number of nitrogens with zero attached hydrogens (tertiary/aromatic N) is 2. The Morgan fingerprint density at radius 3 is 2.77 bits per heavy atom. The largest absolute Gasteiger partial charge is 0.459 e. The number of nitro groups is 1. The third-order valence-corrected chi connectivity index (χ3v) is 3.86. The molecule has 0 N–H and O–H groups in total. The van der Waals surface area contributed by atoms with Crippen LogP contribution in [0, 0.1) is 21.4 Å².